The van der Waals surface area contributed by atoms with Gasteiger partial charge in [-0.2, -0.15) is 0 Å². The molecular weight excluding hydrogens is 252 g/mol. The molecule has 4 nitrogen and oxygen atoms in total. The van der Waals surface area contributed by atoms with E-state index in [0.29, 0.717) is 32.8 Å². The van der Waals surface area contributed by atoms with Crippen molar-refractivity contribution < 1.29 is 9.53 Å². The molecule has 0 bridgehead atoms. The van der Waals surface area contributed by atoms with Crippen LogP contribution in [-0.2, 0) is 9.53 Å². The fourth-order valence-electron chi connectivity index (χ4n) is 2.07. The topological polar surface area (TPSA) is 55.6 Å². The van der Waals surface area contributed by atoms with E-state index < -0.39 is 0 Å². The van der Waals surface area contributed by atoms with Crippen molar-refractivity contribution in [3.63, 3.8) is 0 Å². The van der Waals surface area contributed by atoms with Crippen molar-refractivity contribution in [2.75, 3.05) is 32.8 Å². The van der Waals surface area contributed by atoms with Crippen LogP contribution in [0.1, 0.15) is 11.5 Å². The highest BCUT2D eigenvalue weighted by Crippen LogP contribution is 2.17. The van der Waals surface area contributed by atoms with Gasteiger partial charge in [0.25, 0.3) is 0 Å². The van der Waals surface area contributed by atoms with E-state index in [-0.39, 0.29) is 24.2 Å². The number of nitrogens with zero attached hydrogens (tertiary/aromatic N) is 1. The van der Waals surface area contributed by atoms with Gasteiger partial charge in [0.1, 0.15) is 0 Å². The van der Waals surface area contributed by atoms with Gasteiger partial charge in [0.15, 0.2) is 0 Å². The minimum absolute atomic E-state index is 0. The largest absolute Gasteiger partial charge is 0.378 e. The first-order valence-electron chi connectivity index (χ1n) is 5.94. The van der Waals surface area contributed by atoms with Crippen molar-refractivity contribution in [2.24, 2.45) is 5.73 Å². The molecule has 0 radical (unpaired) electrons. The molecule has 1 heterocycles. The second-order valence-electron chi connectivity index (χ2n) is 4.14. The molecule has 0 aliphatic carbocycles. The van der Waals surface area contributed by atoms with Gasteiger partial charge in [0.05, 0.1) is 19.1 Å². The predicted octanol–water partition coefficient (Wildman–Crippen LogP) is 1.01. The Hall–Kier alpha value is -1.10. The maximum atomic E-state index is 12.3. The van der Waals surface area contributed by atoms with Crippen LogP contribution in [0.3, 0.4) is 0 Å². The lowest BCUT2D eigenvalue weighted by Crippen LogP contribution is -2.44. The lowest BCUT2D eigenvalue weighted by atomic mass is 9.97. The number of carbonyl (C=O) groups excluding carboxylic acids is 1. The third-order valence-electron chi connectivity index (χ3n) is 3.06. The van der Waals surface area contributed by atoms with Crippen LogP contribution in [0.5, 0.6) is 0 Å². The number of hydrogen-bond acceptors (Lipinski definition) is 3. The molecule has 1 amide bonds. The Morgan fingerprint density at radius 3 is 2.44 bits per heavy atom. The Bertz CT molecular complexity index is 367. The minimum Gasteiger partial charge on any atom is -0.378 e. The molecule has 1 fully saturated rings. The third-order valence-corrected chi connectivity index (χ3v) is 3.06. The van der Waals surface area contributed by atoms with Crippen LogP contribution >= 0.6 is 12.4 Å². The van der Waals surface area contributed by atoms with E-state index in [1.54, 1.807) is 0 Å². The molecule has 1 aromatic rings. The number of benzene rings is 1. The molecule has 1 aliphatic rings. The summed E-state index contributed by atoms with van der Waals surface area (Å²) in [4.78, 5) is 14.2. The van der Waals surface area contributed by atoms with E-state index in [2.05, 4.69) is 0 Å². The fourth-order valence-corrected chi connectivity index (χ4v) is 2.07. The van der Waals surface area contributed by atoms with Crippen LogP contribution in [0.15, 0.2) is 30.3 Å². The molecule has 1 unspecified atom stereocenters. The normalized spacial score (nSPS) is 16.8. The van der Waals surface area contributed by atoms with E-state index in [4.69, 9.17) is 10.5 Å². The summed E-state index contributed by atoms with van der Waals surface area (Å²) in [5, 5.41) is 0. The molecule has 2 rings (SSSR count). The van der Waals surface area contributed by atoms with Crippen LogP contribution in [0.25, 0.3) is 0 Å². The molecule has 0 saturated carbocycles. The molecule has 100 valence electrons. The van der Waals surface area contributed by atoms with Crippen molar-refractivity contribution in [1.29, 1.82) is 0 Å². The van der Waals surface area contributed by atoms with E-state index in [0.717, 1.165) is 5.56 Å². The van der Waals surface area contributed by atoms with Crippen LogP contribution in [0.4, 0.5) is 0 Å². The number of amides is 1. The zero-order valence-corrected chi connectivity index (χ0v) is 11.1. The monoisotopic (exact) mass is 270 g/mol. The van der Waals surface area contributed by atoms with Crippen LogP contribution < -0.4 is 5.73 Å². The van der Waals surface area contributed by atoms with E-state index in [9.17, 15) is 4.79 Å². The average Bonchev–Trinajstić information content (AvgIpc) is 2.42. The lowest BCUT2D eigenvalue weighted by Gasteiger charge is -2.30. The number of morpholine rings is 1. The Balaban J connectivity index is 0.00000162. The predicted molar refractivity (Wildman–Crippen MR) is 72.9 cm³/mol. The minimum atomic E-state index is -0.228. The van der Waals surface area contributed by atoms with Gasteiger partial charge in [0, 0.05) is 19.6 Å². The summed E-state index contributed by atoms with van der Waals surface area (Å²) < 4.78 is 5.24. The summed E-state index contributed by atoms with van der Waals surface area (Å²) in [6, 6.07) is 9.72. The summed E-state index contributed by atoms with van der Waals surface area (Å²) in [6.07, 6.45) is 0. The number of ether oxygens (including phenoxy) is 1. The van der Waals surface area contributed by atoms with E-state index >= 15 is 0 Å². The summed E-state index contributed by atoms with van der Waals surface area (Å²) >= 11 is 0. The fraction of sp³-hybridized carbons (Fsp3) is 0.462. The molecule has 18 heavy (non-hydrogen) atoms. The van der Waals surface area contributed by atoms with Gasteiger partial charge >= 0.3 is 0 Å². The third kappa shape index (κ3) is 3.45. The SMILES string of the molecule is Cl.NCC(C(=O)N1CCOCC1)c1ccccc1. The number of hydrogen-bond donors (Lipinski definition) is 1. The summed E-state index contributed by atoms with van der Waals surface area (Å²) in [6.45, 7) is 2.93. The van der Waals surface area contributed by atoms with Crippen LogP contribution in [0.2, 0.25) is 0 Å². The molecule has 1 aromatic carbocycles. The number of carbonyl (C=O) groups is 1. The van der Waals surface area contributed by atoms with Crippen molar-refractivity contribution in [2.45, 2.75) is 5.92 Å². The quantitative estimate of drug-likeness (QED) is 0.892. The molecule has 1 saturated heterocycles. The highest BCUT2D eigenvalue weighted by atomic mass is 35.5. The Morgan fingerprint density at radius 2 is 1.89 bits per heavy atom. The first-order valence-corrected chi connectivity index (χ1v) is 5.94. The second kappa shape index (κ2) is 7.36. The van der Waals surface area contributed by atoms with Gasteiger partial charge in [-0.05, 0) is 5.56 Å². The average molecular weight is 271 g/mol. The summed E-state index contributed by atoms with van der Waals surface area (Å²) in [5.74, 6) is -0.115. The molecule has 2 N–H and O–H groups in total. The van der Waals surface area contributed by atoms with Gasteiger partial charge in [-0.1, -0.05) is 30.3 Å². The Morgan fingerprint density at radius 1 is 1.28 bits per heavy atom. The summed E-state index contributed by atoms with van der Waals surface area (Å²) in [7, 11) is 0. The highest BCUT2D eigenvalue weighted by molar-refractivity contribution is 5.85. The van der Waals surface area contributed by atoms with Crippen molar-refractivity contribution >= 4 is 18.3 Å². The first-order chi connectivity index (χ1) is 8.33. The van der Waals surface area contributed by atoms with Crippen molar-refractivity contribution in [3.8, 4) is 0 Å². The van der Waals surface area contributed by atoms with Crippen LogP contribution in [-0.4, -0.2) is 43.7 Å². The van der Waals surface area contributed by atoms with Crippen molar-refractivity contribution in [1.82, 2.24) is 4.90 Å². The number of rotatable bonds is 3. The second-order valence-corrected chi connectivity index (χ2v) is 4.14. The molecule has 1 aliphatic heterocycles. The maximum Gasteiger partial charge on any atom is 0.231 e. The molecule has 1 atom stereocenters. The highest BCUT2D eigenvalue weighted by Gasteiger charge is 2.25. The Kier molecular flexibility index (Phi) is 6.12. The van der Waals surface area contributed by atoms with E-state index in [1.807, 2.05) is 35.2 Å². The smallest absolute Gasteiger partial charge is 0.231 e. The van der Waals surface area contributed by atoms with Crippen LogP contribution in [0, 0.1) is 0 Å². The van der Waals surface area contributed by atoms with Gasteiger partial charge in [0.2, 0.25) is 5.91 Å². The van der Waals surface area contributed by atoms with Crippen molar-refractivity contribution in [3.05, 3.63) is 35.9 Å². The van der Waals surface area contributed by atoms with E-state index in [1.165, 1.54) is 0 Å². The summed E-state index contributed by atoms with van der Waals surface area (Å²) in [5.41, 5.74) is 6.73. The maximum absolute atomic E-state index is 12.3. The molecule has 0 aromatic heterocycles. The Labute approximate surface area is 114 Å². The number of nitrogens with two attached hydrogens (primary N) is 1. The van der Waals surface area contributed by atoms with Gasteiger partial charge < -0.3 is 15.4 Å². The lowest BCUT2D eigenvalue weighted by molar-refractivity contribution is -0.136. The van der Waals surface area contributed by atoms with Gasteiger partial charge in [-0.25, -0.2) is 0 Å². The number of halogens is 1. The zero-order chi connectivity index (χ0) is 12.1. The first kappa shape index (κ1) is 15.0. The zero-order valence-electron chi connectivity index (χ0n) is 10.2. The van der Waals surface area contributed by atoms with Gasteiger partial charge in [-0.15, -0.1) is 12.4 Å². The molecule has 5 heteroatoms. The van der Waals surface area contributed by atoms with Gasteiger partial charge in [-0.3, -0.25) is 4.79 Å². The molecular formula is C13H19ClN2O2. The molecule has 0 spiro atoms. The standard InChI is InChI=1S/C13H18N2O2.ClH/c14-10-12(11-4-2-1-3-5-11)13(16)15-6-8-17-9-7-15;/h1-5,12H,6-10,14H2;1H.